The van der Waals surface area contributed by atoms with Crippen molar-refractivity contribution < 1.29 is 23.7 Å². The second-order valence-corrected chi connectivity index (χ2v) is 7.43. The van der Waals surface area contributed by atoms with E-state index >= 15 is 0 Å². The van der Waals surface area contributed by atoms with Crippen LogP contribution < -0.4 is 24.4 Å². The van der Waals surface area contributed by atoms with E-state index in [9.17, 15) is 4.79 Å². The molecule has 0 radical (unpaired) electrons. The monoisotopic (exact) mass is 440 g/mol. The van der Waals surface area contributed by atoms with Crippen molar-refractivity contribution in [2.45, 2.75) is 19.9 Å². The molecule has 0 amide bonds. The lowest BCUT2D eigenvalue weighted by Gasteiger charge is -2.37. The molecule has 1 unspecified atom stereocenters. The Labute approximate surface area is 186 Å². The predicted molar refractivity (Wildman–Crippen MR) is 121 cm³/mol. The second-order valence-electron chi connectivity index (χ2n) is 7.04. The van der Waals surface area contributed by atoms with Crippen molar-refractivity contribution in [3.63, 3.8) is 0 Å². The van der Waals surface area contributed by atoms with E-state index in [2.05, 4.69) is 5.32 Å². The third kappa shape index (κ3) is 4.03. The van der Waals surface area contributed by atoms with Gasteiger partial charge in [0.25, 0.3) is 0 Å². The fourth-order valence-electron chi connectivity index (χ4n) is 3.75. The van der Waals surface area contributed by atoms with E-state index in [-0.39, 0.29) is 6.61 Å². The Morgan fingerprint density at radius 1 is 1.16 bits per heavy atom. The van der Waals surface area contributed by atoms with Gasteiger partial charge in [0.15, 0.2) is 16.6 Å². The highest BCUT2D eigenvalue weighted by Gasteiger charge is 2.36. The van der Waals surface area contributed by atoms with E-state index in [1.807, 2.05) is 54.3 Å². The van der Waals surface area contributed by atoms with Gasteiger partial charge in [0.1, 0.15) is 19.0 Å². The highest BCUT2D eigenvalue weighted by molar-refractivity contribution is 7.80. The average Bonchev–Trinajstić information content (AvgIpc) is 2.79. The third-order valence-electron chi connectivity index (χ3n) is 5.21. The van der Waals surface area contributed by atoms with Crippen LogP contribution in [0.15, 0.2) is 53.7 Å². The zero-order valence-corrected chi connectivity index (χ0v) is 18.5. The number of carbonyl (C=O) groups is 1. The molecule has 162 valence electrons. The molecule has 0 saturated heterocycles. The molecule has 0 bridgehead atoms. The molecule has 2 aliphatic heterocycles. The molecule has 31 heavy (non-hydrogen) atoms. The number of anilines is 1. The summed E-state index contributed by atoms with van der Waals surface area (Å²) < 4.78 is 22.0. The van der Waals surface area contributed by atoms with Crippen molar-refractivity contribution in [3.8, 4) is 17.2 Å². The molecule has 0 fully saturated rings. The smallest absolute Gasteiger partial charge is 0.338 e. The number of ether oxygens (including phenoxy) is 4. The van der Waals surface area contributed by atoms with Crippen LogP contribution in [-0.4, -0.2) is 38.0 Å². The van der Waals surface area contributed by atoms with Crippen LogP contribution in [0.25, 0.3) is 0 Å². The standard InChI is InChI=1S/C23H24N2O5S/c1-4-28-22(26)20-14(2)25(16-6-8-17(27-3)9-7-16)23(31)24-21(20)15-5-10-18-19(13-15)30-12-11-29-18/h5-10,13,21H,4,11-12H2,1-3H3,(H,24,31). The van der Waals surface area contributed by atoms with Crippen LogP contribution >= 0.6 is 12.2 Å². The average molecular weight is 441 g/mol. The van der Waals surface area contributed by atoms with Crippen LogP contribution in [0.3, 0.4) is 0 Å². The number of thiocarbonyl (C=S) groups is 1. The zero-order chi connectivity index (χ0) is 22.0. The molecule has 2 aliphatic rings. The van der Waals surface area contributed by atoms with Gasteiger partial charge in [-0.05, 0) is 68.0 Å². The van der Waals surface area contributed by atoms with Gasteiger partial charge in [0.05, 0.1) is 25.3 Å². The van der Waals surface area contributed by atoms with Crippen LogP contribution in [0.5, 0.6) is 17.2 Å². The molecule has 7 nitrogen and oxygen atoms in total. The van der Waals surface area contributed by atoms with Crippen molar-refractivity contribution >= 4 is 29.0 Å². The minimum absolute atomic E-state index is 0.274. The lowest BCUT2D eigenvalue weighted by molar-refractivity contribution is -0.139. The maximum atomic E-state index is 13.0. The molecule has 2 heterocycles. The number of nitrogens with zero attached hydrogens (tertiary/aromatic N) is 1. The van der Waals surface area contributed by atoms with Gasteiger partial charge < -0.3 is 24.3 Å². The molecule has 2 aromatic carbocycles. The van der Waals surface area contributed by atoms with Gasteiger partial charge >= 0.3 is 5.97 Å². The Morgan fingerprint density at radius 3 is 2.55 bits per heavy atom. The molecule has 1 atom stereocenters. The van der Waals surface area contributed by atoms with Crippen molar-refractivity contribution in [1.29, 1.82) is 0 Å². The maximum Gasteiger partial charge on any atom is 0.338 e. The highest BCUT2D eigenvalue weighted by atomic mass is 32.1. The minimum Gasteiger partial charge on any atom is -0.497 e. The first kappa shape index (κ1) is 21.0. The van der Waals surface area contributed by atoms with Crippen LogP contribution in [0.1, 0.15) is 25.5 Å². The minimum atomic E-state index is -0.475. The van der Waals surface area contributed by atoms with E-state index < -0.39 is 12.0 Å². The Morgan fingerprint density at radius 2 is 1.87 bits per heavy atom. The molecule has 0 saturated carbocycles. The van der Waals surface area contributed by atoms with E-state index in [0.717, 1.165) is 17.0 Å². The summed E-state index contributed by atoms with van der Waals surface area (Å²) in [4.78, 5) is 14.8. The summed E-state index contributed by atoms with van der Waals surface area (Å²) in [5.41, 5.74) is 2.84. The normalized spacial score (nSPS) is 17.8. The molecule has 0 aliphatic carbocycles. The number of nitrogens with one attached hydrogen (secondary N) is 1. The van der Waals surface area contributed by atoms with Crippen LogP contribution in [-0.2, 0) is 9.53 Å². The molecule has 0 spiro atoms. The third-order valence-corrected chi connectivity index (χ3v) is 5.51. The van der Waals surface area contributed by atoms with E-state index in [1.165, 1.54) is 0 Å². The largest absolute Gasteiger partial charge is 0.497 e. The summed E-state index contributed by atoms with van der Waals surface area (Å²) in [6, 6.07) is 12.6. The van der Waals surface area contributed by atoms with Gasteiger partial charge in [-0.3, -0.25) is 4.90 Å². The van der Waals surface area contributed by atoms with Gasteiger partial charge in [-0.15, -0.1) is 0 Å². The first-order valence-corrected chi connectivity index (χ1v) is 10.5. The number of rotatable bonds is 5. The first-order valence-electron chi connectivity index (χ1n) is 10.1. The number of carbonyl (C=O) groups excluding carboxylic acids is 1. The van der Waals surface area contributed by atoms with Gasteiger partial charge in [-0.25, -0.2) is 4.79 Å². The SMILES string of the molecule is CCOC(=O)C1=C(C)N(c2ccc(OC)cc2)C(=S)NC1c1ccc2c(c1)OCCO2. The number of hydrogen-bond acceptors (Lipinski definition) is 6. The van der Waals surface area contributed by atoms with Gasteiger partial charge in [0, 0.05) is 11.4 Å². The summed E-state index contributed by atoms with van der Waals surface area (Å²) in [6.07, 6.45) is 0. The lowest BCUT2D eigenvalue weighted by Crippen LogP contribution is -2.48. The topological polar surface area (TPSA) is 69.3 Å². The Balaban J connectivity index is 1.78. The van der Waals surface area contributed by atoms with Gasteiger partial charge in [0.2, 0.25) is 0 Å². The highest BCUT2D eigenvalue weighted by Crippen LogP contribution is 2.38. The van der Waals surface area contributed by atoms with E-state index in [4.69, 9.17) is 31.2 Å². The van der Waals surface area contributed by atoms with Gasteiger partial charge in [-0.1, -0.05) is 6.07 Å². The molecule has 4 rings (SSSR count). The first-order chi connectivity index (χ1) is 15.0. The molecule has 0 aromatic heterocycles. The molecular formula is C23H24N2O5S. The Hall–Kier alpha value is -3.26. The second kappa shape index (κ2) is 8.85. The van der Waals surface area contributed by atoms with Crippen molar-refractivity contribution in [2.24, 2.45) is 0 Å². The number of hydrogen-bond donors (Lipinski definition) is 1. The predicted octanol–water partition coefficient (Wildman–Crippen LogP) is 3.74. The fourth-order valence-corrected chi connectivity index (χ4v) is 4.11. The maximum absolute atomic E-state index is 13.0. The van der Waals surface area contributed by atoms with Crippen LogP contribution in [0.4, 0.5) is 5.69 Å². The van der Waals surface area contributed by atoms with Crippen LogP contribution in [0.2, 0.25) is 0 Å². The lowest BCUT2D eigenvalue weighted by atomic mass is 9.94. The molecule has 1 N–H and O–H groups in total. The Bertz CT molecular complexity index is 1030. The summed E-state index contributed by atoms with van der Waals surface area (Å²) >= 11 is 5.69. The fraction of sp³-hybridized carbons (Fsp3) is 0.304. The summed E-state index contributed by atoms with van der Waals surface area (Å²) in [5, 5.41) is 3.79. The number of fused-ring (bicyclic) bond motifs is 1. The number of methoxy groups -OCH3 is 1. The van der Waals surface area contributed by atoms with E-state index in [1.54, 1.807) is 14.0 Å². The van der Waals surface area contributed by atoms with Crippen molar-refractivity contribution in [1.82, 2.24) is 5.32 Å². The Kier molecular flexibility index (Phi) is 5.99. The number of esters is 1. The van der Waals surface area contributed by atoms with Crippen molar-refractivity contribution in [3.05, 3.63) is 59.3 Å². The van der Waals surface area contributed by atoms with Crippen molar-refractivity contribution in [2.75, 3.05) is 31.8 Å². The number of allylic oxidation sites excluding steroid dienone is 1. The van der Waals surface area contributed by atoms with Gasteiger partial charge in [-0.2, -0.15) is 0 Å². The quantitative estimate of drug-likeness (QED) is 0.557. The van der Waals surface area contributed by atoms with E-state index in [0.29, 0.717) is 41.1 Å². The molecule has 8 heteroatoms. The summed E-state index contributed by atoms with van der Waals surface area (Å²) in [6.45, 7) is 4.93. The molecule has 2 aromatic rings. The zero-order valence-electron chi connectivity index (χ0n) is 17.6. The number of benzene rings is 2. The molecular weight excluding hydrogens is 416 g/mol. The summed E-state index contributed by atoms with van der Waals surface area (Å²) in [7, 11) is 1.62. The van der Waals surface area contributed by atoms with Crippen LogP contribution in [0, 0.1) is 0 Å². The summed E-state index contributed by atoms with van der Waals surface area (Å²) in [5.74, 6) is 1.68.